The van der Waals surface area contributed by atoms with E-state index in [0.29, 0.717) is 36.9 Å². The smallest absolute Gasteiger partial charge is 0.287 e. The number of furan rings is 1. The highest BCUT2D eigenvalue weighted by Crippen LogP contribution is 2.34. The van der Waals surface area contributed by atoms with Crippen LogP contribution in [0.4, 0.5) is 0 Å². The fraction of sp³-hybridized carbons (Fsp3) is 0.318. The lowest BCUT2D eigenvalue weighted by molar-refractivity contribution is 0.0485. The third-order valence-corrected chi connectivity index (χ3v) is 5.38. The van der Waals surface area contributed by atoms with Gasteiger partial charge in [0.15, 0.2) is 17.1 Å². The Morgan fingerprint density at radius 1 is 1.11 bits per heavy atom. The molecule has 0 atom stereocenters. The van der Waals surface area contributed by atoms with Gasteiger partial charge in [0.05, 0.1) is 7.11 Å². The molecule has 4 rings (SSSR count). The van der Waals surface area contributed by atoms with E-state index in [9.17, 15) is 4.79 Å². The van der Waals surface area contributed by atoms with E-state index in [1.165, 1.54) is 5.56 Å². The molecule has 1 aliphatic rings. The Bertz CT molecular complexity index is 926. The van der Waals surface area contributed by atoms with Crippen LogP contribution in [0.25, 0.3) is 11.0 Å². The van der Waals surface area contributed by atoms with Gasteiger partial charge in [0, 0.05) is 30.6 Å². The Balaban J connectivity index is 1.55. The summed E-state index contributed by atoms with van der Waals surface area (Å²) >= 11 is 0. The summed E-state index contributed by atoms with van der Waals surface area (Å²) in [6, 6.07) is 17.7. The molecular formula is C22H23NO4. The van der Waals surface area contributed by atoms with Gasteiger partial charge in [-0.2, -0.15) is 0 Å². The van der Waals surface area contributed by atoms with E-state index in [1.54, 1.807) is 13.2 Å². The van der Waals surface area contributed by atoms with Gasteiger partial charge < -0.3 is 19.2 Å². The van der Waals surface area contributed by atoms with Crippen LogP contribution in [0.15, 0.2) is 59.0 Å². The standard InChI is InChI=1S/C22H23NO4/c1-25-18-9-5-6-16-14-19(27-20(16)18)21(24)23-15-22(10-12-26-13-11-22)17-7-3-2-4-8-17/h2-9,14H,10-13,15H2,1H3,(H,23,24). The monoisotopic (exact) mass is 365 g/mol. The topological polar surface area (TPSA) is 60.7 Å². The quantitative estimate of drug-likeness (QED) is 0.744. The van der Waals surface area contributed by atoms with Crippen molar-refractivity contribution < 1.29 is 18.7 Å². The molecule has 1 amide bonds. The second-order valence-electron chi connectivity index (χ2n) is 6.93. The molecule has 0 radical (unpaired) electrons. The summed E-state index contributed by atoms with van der Waals surface area (Å²) in [5.41, 5.74) is 1.72. The molecule has 5 nitrogen and oxygen atoms in total. The van der Waals surface area contributed by atoms with Crippen LogP contribution in [0.1, 0.15) is 29.0 Å². The Hall–Kier alpha value is -2.79. The summed E-state index contributed by atoms with van der Waals surface area (Å²) in [5.74, 6) is 0.705. The molecule has 1 aliphatic heterocycles. The van der Waals surface area contributed by atoms with Gasteiger partial charge in [0.25, 0.3) is 5.91 Å². The van der Waals surface area contributed by atoms with Gasteiger partial charge in [-0.15, -0.1) is 0 Å². The zero-order chi connectivity index (χ0) is 18.7. The van der Waals surface area contributed by atoms with E-state index in [1.807, 2.05) is 36.4 Å². The lowest BCUT2D eigenvalue weighted by Crippen LogP contribution is -2.44. The first-order valence-electron chi connectivity index (χ1n) is 9.20. The average molecular weight is 365 g/mol. The number of carbonyl (C=O) groups excluding carboxylic acids is 1. The van der Waals surface area contributed by atoms with Crippen molar-refractivity contribution >= 4 is 16.9 Å². The van der Waals surface area contributed by atoms with E-state index >= 15 is 0 Å². The first-order chi connectivity index (χ1) is 13.2. The van der Waals surface area contributed by atoms with Gasteiger partial charge in [0.1, 0.15) is 0 Å². The van der Waals surface area contributed by atoms with Crippen LogP contribution in [0.2, 0.25) is 0 Å². The van der Waals surface area contributed by atoms with Gasteiger partial charge in [-0.05, 0) is 30.5 Å². The van der Waals surface area contributed by atoms with Crippen LogP contribution in [0.5, 0.6) is 5.75 Å². The summed E-state index contributed by atoms with van der Waals surface area (Å²) in [4.78, 5) is 12.8. The van der Waals surface area contributed by atoms with Crippen molar-refractivity contribution in [1.82, 2.24) is 5.32 Å². The maximum atomic E-state index is 12.8. The number of ether oxygens (including phenoxy) is 2. The van der Waals surface area contributed by atoms with Gasteiger partial charge in [-0.25, -0.2) is 0 Å². The van der Waals surface area contributed by atoms with Crippen LogP contribution in [0.3, 0.4) is 0 Å². The van der Waals surface area contributed by atoms with E-state index in [0.717, 1.165) is 18.2 Å². The molecule has 1 aromatic heterocycles. The average Bonchev–Trinajstić information content (AvgIpc) is 3.18. The maximum absolute atomic E-state index is 12.8. The van der Waals surface area contributed by atoms with Crippen molar-refractivity contribution in [2.75, 3.05) is 26.9 Å². The largest absolute Gasteiger partial charge is 0.493 e. The molecule has 0 bridgehead atoms. The Kier molecular flexibility index (Phi) is 4.86. The van der Waals surface area contributed by atoms with E-state index in [-0.39, 0.29) is 11.3 Å². The first-order valence-corrected chi connectivity index (χ1v) is 9.20. The summed E-state index contributed by atoms with van der Waals surface area (Å²) in [6.45, 7) is 1.95. The Labute approximate surface area is 158 Å². The number of fused-ring (bicyclic) bond motifs is 1. The lowest BCUT2D eigenvalue weighted by atomic mass is 9.74. The molecule has 0 unspecified atom stereocenters. The van der Waals surface area contributed by atoms with Crippen LogP contribution in [0, 0.1) is 0 Å². The summed E-state index contributed by atoms with van der Waals surface area (Å²) in [6.07, 6.45) is 1.76. The second kappa shape index (κ2) is 7.45. The van der Waals surface area contributed by atoms with Crippen molar-refractivity contribution in [3.63, 3.8) is 0 Å². The first kappa shape index (κ1) is 17.6. The molecule has 1 fully saturated rings. The van der Waals surface area contributed by atoms with E-state index in [2.05, 4.69) is 17.4 Å². The van der Waals surface area contributed by atoms with Gasteiger partial charge in [-0.1, -0.05) is 42.5 Å². The number of methoxy groups -OCH3 is 1. The molecular weight excluding hydrogens is 342 g/mol. The third-order valence-electron chi connectivity index (χ3n) is 5.38. The molecule has 0 aliphatic carbocycles. The highest BCUT2D eigenvalue weighted by atomic mass is 16.5. The zero-order valence-corrected chi connectivity index (χ0v) is 15.4. The number of benzene rings is 2. The maximum Gasteiger partial charge on any atom is 0.287 e. The highest BCUT2D eigenvalue weighted by Gasteiger charge is 2.35. The van der Waals surface area contributed by atoms with Gasteiger partial charge in [0.2, 0.25) is 0 Å². The van der Waals surface area contributed by atoms with Crippen LogP contribution >= 0.6 is 0 Å². The number of nitrogens with one attached hydrogen (secondary N) is 1. The molecule has 0 spiro atoms. The van der Waals surface area contributed by atoms with Crippen molar-refractivity contribution in [2.45, 2.75) is 18.3 Å². The van der Waals surface area contributed by atoms with Crippen LogP contribution < -0.4 is 10.1 Å². The minimum atomic E-state index is -0.213. The zero-order valence-electron chi connectivity index (χ0n) is 15.4. The fourth-order valence-corrected chi connectivity index (χ4v) is 3.77. The predicted octanol–water partition coefficient (Wildman–Crippen LogP) is 3.92. The summed E-state index contributed by atoms with van der Waals surface area (Å²) < 4.78 is 16.6. The number of hydrogen-bond donors (Lipinski definition) is 1. The van der Waals surface area contributed by atoms with E-state index in [4.69, 9.17) is 13.9 Å². The molecule has 27 heavy (non-hydrogen) atoms. The molecule has 1 saturated heterocycles. The molecule has 140 valence electrons. The lowest BCUT2D eigenvalue weighted by Gasteiger charge is -2.37. The Morgan fingerprint density at radius 3 is 2.63 bits per heavy atom. The van der Waals surface area contributed by atoms with Crippen LogP contribution in [-0.2, 0) is 10.2 Å². The van der Waals surface area contributed by atoms with Crippen LogP contribution in [-0.4, -0.2) is 32.8 Å². The number of carbonyl (C=O) groups is 1. The minimum absolute atomic E-state index is 0.112. The summed E-state index contributed by atoms with van der Waals surface area (Å²) in [5, 5.41) is 3.93. The third kappa shape index (κ3) is 3.43. The molecule has 3 aromatic rings. The number of para-hydroxylation sites is 1. The Morgan fingerprint density at radius 2 is 1.89 bits per heavy atom. The number of hydrogen-bond acceptors (Lipinski definition) is 4. The van der Waals surface area contributed by atoms with Crippen molar-refractivity contribution in [3.05, 3.63) is 65.9 Å². The predicted molar refractivity (Wildman–Crippen MR) is 103 cm³/mol. The number of amides is 1. The number of rotatable bonds is 5. The SMILES string of the molecule is COc1cccc2cc(C(=O)NCC3(c4ccccc4)CCOCC3)oc12. The van der Waals surface area contributed by atoms with Gasteiger partial charge in [-0.3, -0.25) is 4.79 Å². The molecule has 2 heterocycles. The van der Waals surface area contributed by atoms with Crippen molar-refractivity contribution in [3.8, 4) is 5.75 Å². The van der Waals surface area contributed by atoms with E-state index < -0.39 is 0 Å². The summed E-state index contributed by atoms with van der Waals surface area (Å²) in [7, 11) is 1.59. The van der Waals surface area contributed by atoms with Crippen molar-refractivity contribution in [2.24, 2.45) is 0 Å². The fourth-order valence-electron chi connectivity index (χ4n) is 3.77. The normalized spacial score (nSPS) is 16.2. The van der Waals surface area contributed by atoms with Crippen molar-refractivity contribution in [1.29, 1.82) is 0 Å². The van der Waals surface area contributed by atoms with Gasteiger partial charge >= 0.3 is 0 Å². The molecule has 0 saturated carbocycles. The minimum Gasteiger partial charge on any atom is -0.493 e. The molecule has 5 heteroatoms. The molecule has 2 aromatic carbocycles. The highest BCUT2D eigenvalue weighted by molar-refractivity contribution is 5.97. The molecule has 1 N–H and O–H groups in total. The second-order valence-corrected chi connectivity index (χ2v) is 6.93.